The van der Waals surface area contributed by atoms with Crippen LogP contribution in [0, 0.1) is 12.3 Å². The summed E-state index contributed by atoms with van der Waals surface area (Å²) in [6.07, 6.45) is 4.48. The van der Waals surface area contributed by atoms with Crippen LogP contribution in [0.25, 0.3) is 0 Å². The minimum absolute atomic E-state index is 0.0183. The van der Waals surface area contributed by atoms with Crippen molar-refractivity contribution in [1.29, 1.82) is 0 Å². The molecule has 3 aliphatic rings. The van der Waals surface area contributed by atoms with Crippen LogP contribution in [-0.2, 0) is 9.53 Å². The monoisotopic (exact) mass is 476 g/mol. The van der Waals surface area contributed by atoms with Crippen LogP contribution in [-0.4, -0.2) is 72.1 Å². The maximum Gasteiger partial charge on any atom is 0.319 e. The predicted octanol–water partition coefficient (Wildman–Crippen LogP) is 3.61. The van der Waals surface area contributed by atoms with Gasteiger partial charge in [-0.2, -0.15) is 0 Å². The number of piperidine rings is 2. The van der Waals surface area contributed by atoms with Crippen molar-refractivity contribution in [3.8, 4) is 0 Å². The third-order valence-electron chi connectivity index (χ3n) is 7.19. The first-order chi connectivity index (χ1) is 15.6. The predicted molar refractivity (Wildman–Crippen MR) is 129 cm³/mol. The van der Waals surface area contributed by atoms with Crippen LogP contribution in [0.15, 0.2) is 5.38 Å². The lowest BCUT2D eigenvalue weighted by molar-refractivity contribution is -0.154. The van der Waals surface area contributed by atoms with Gasteiger partial charge in [0.25, 0.3) is 5.91 Å². The highest BCUT2D eigenvalue weighted by atomic mass is 32.1. The average Bonchev–Trinajstić information content (AvgIpc) is 3.22. The number of aryl methyl sites for hydroxylation is 1. The fourth-order valence-corrected chi connectivity index (χ4v) is 6.70. The number of carbonyl (C=O) groups excluding carboxylic acids is 3. The Balaban J connectivity index is 1.38. The molecular formula is C24H36N4O4S. The Bertz CT molecular complexity index is 922. The first-order valence-corrected chi connectivity index (χ1v) is 12.9. The van der Waals surface area contributed by atoms with E-state index in [0.717, 1.165) is 50.8 Å². The maximum atomic E-state index is 13.3. The molecule has 3 saturated heterocycles. The molecule has 0 bridgehead atoms. The van der Waals surface area contributed by atoms with E-state index >= 15 is 0 Å². The minimum Gasteiger partial charge on any atom is -0.459 e. The van der Waals surface area contributed by atoms with Crippen LogP contribution < -0.4 is 10.6 Å². The van der Waals surface area contributed by atoms with Crippen LogP contribution in [0.5, 0.6) is 0 Å². The van der Waals surface area contributed by atoms with Crippen molar-refractivity contribution in [2.75, 3.05) is 38.0 Å². The van der Waals surface area contributed by atoms with Crippen molar-refractivity contribution < 1.29 is 19.1 Å². The van der Waals surface area contributed by atoms with Gasteiger partial charge in [0.1, 0.15) is 10.6 Å². The van der Waals surface area contributed by atoms with E-state index in [4.69, 9.17) is 4.74 Å². The lowest BCUT2D eigenvalue weighted by Crippen LogP contribution is -2.53. The first-order valence-electron chi connectivity index (χ1n) is 12.0. The Hall–Kier alpha value is -2.13. The van der Waals surface area contributed by atoms with Crippen molar-refractivity contribution >= 4 is 34.2 Å². The summed E-state index contributed by atoms with van der Waals surface area (Å²) >= 11 is 1.39. The fourth-order valence-electron chi connectivity index (χ4n) is 5.77. The third kappa shape index (κ3) is 4.89. The molecular weight excluding hydrogens is 440 g/mol. The lowest BCUT2D eigenvalue weighted by Gasteiger charge is -2.44. The quantitative estimate of drug-likeness (QED) is 0.648. The van der Waals surface area contributed by atoms with E-state index in [1.165, 1.54) is 11.3 Å². The Morgan fingerprint density at radius 1 is 1.24 bits per heavy atom. The Morgan fingerprint density at radius 3 is 2.61 bits per heavy atom. The summed E-state index contributed by atoms with van der Waals surface area (Å²) in [5, 5.41) is 8.05. The number of cyclic esters (lactones) is 1. The van der Waals surface area contributed by atoms with Crippen molar-refractivity contribution in [2.45, 2.75) is 71.4 Å². The first kappa shape index (κ1) is 24.0. The summed E-state index contributed by atoms with van der Waals surface area (Å²) < 4.78 is 5.68. The summed E-state index contributed by atoms with van der Waals surface area (Å²) in [4.78, 5) is 42.4. The number of nitrogens with one attached hydrogen (secondary N) is 2. The smallest absolute Gasteiger partial charge is 0.319 e. The molecule has 2 N–H and O–H groups in total. The van der Waals surface area contributed by atoms with Gasteiger partial charge in [0.15, 0.2) is 0 Å². The largest absolute Gasteiger partial charge is 0.459 e. The van der Waals surface area contributed by atoms with Crippen molar-refractivity contribution in [1.82, 2.24) is 15.1 Å². The number of carbonyl (C=O) groups is 3. The fraction of sp³-hybridized carbons (Fsp3) is 0.708. The summed E-state index contributed by atoms with van der Waals surface area (Å²) in [5.41, 5.74) is 0.729. The lowest BCUT2D eigenvalue weighted by atomic mass is 9.74. The van der Waals surface area contributed by atoms with E-state index in [0.29, 0.717) is 36.2 Å². The Labute approximate surface area is 200 Å². The summed E-state index contributed by atoms with van der Waals surface area (Å²) in [6.45, 7) is 11.4. The van der Waals surface area contributed by atoms with E-state index in [-0.39, 0.29) is 28.9 Å². The number of likely N-dealkylation sites (tertiary alicyclic amines) is 2. The molecule has 3 aliphatic heterocycles. The second-order valence-electron chi connectivity index (χ2n) is 10.3. The number of esters is 1. The number of anilines is 1. The number of nitrogens with zero attached hydrogens (tertiary/aromatic N) is 2. The van der Waals surface area contributed by atoms with Crippen molar-refractivity contribution in [3.05, 3.63) is 16.5 Å². The number of amides is 3. The van der Waals surface area contributed by atoms with Gasteiger partial charge in [-0.3, -0.25) is 19.8 Å². The van der Waals surface area contributed by atoms with Gasteiger partial charge in [0, 0.05) is 38.6 Å². The summed E-state index contributed by atoms with van der Waals surface area (Å²) in [5.74, 6) is -0.0554. The molecule has 1 atom stereocenters. The van der Waals surface area contributed by atoms with E-state index < -0.39 is 0 Å². The van der Waals surface area contributed by atoms with Gasteiger partial charge in [-0.1, -0.05) is 0 Å². The maximum absolute atomic E-state index is 13.3. The molecule has 8 nitrogen and oxygen atoms in total. The van der Waals surface area contributed by atoms with Crippen molar-refractivity contribution in [2.24, 2.45) is 5.41 Å². The van der Waals surface area contributed by atoms with Crippen LogP contribution in [0.4, 0.5) is 9.80 Å². The highest BCUT2D eigenvalue weighted by Gasteiger charge is 2.54. The van der Waals surface area contributed by atoms with E-state index in [1.807, 2.05) is 38.0 Å². The van der Waals surface area contributed by atoms with Gasteiger partial charge in [0.2, 0.25) is 0 Å². The second-order valence-corrected chi connectivity index (χ2v) is 11.2. The molecule has 1 spiro atoms. The standard InChI is InChI=1S/C24H36N4O4S/c1-5-25-22(31)26-19-18(16(2)13-33-19)20(29)27-11-7-17(8-12-27)28-10-6-9-24(15-28)14-23(3,4)32-21(24)30/h13,17H,5-12,14-15H2,1-4H3,(H2,25,26,31). The number of thiophene rings is 1. The number of hydrogen-bond donors (Lipinski definition) is 2. The molecule has 1 aromatic heterocycles. The van der Waals surface area contributed by atoms with Gasteiger partial charge in [-0.25, -0.2) is 4.79 Å². The minimum atomic E-state index is -0.381. The van der Waals surface area contributed by atoms with Gasteiger partial charge >= 0.3 is 12.0 Å². The molecule has 0 radical (unpaired) electrons. The van der Waals surface area contributed by atoms with Crippen molar-refractivity contribution in [3.63, 3.8) is 0 Å². The van der Waals surface area contributed by atoms with E-state index in [9.17, 15) is 14.4 Å². The van der Waals surface area contributed by atoms with Crippen LogP contribution >= 0.6 is 11.3 Å². The highest BCUT2D eigenvalue weighted by Crippen LogP contribution is 2.46. The third-order valence-corrected chi connectivity index (χ3v) is 8.21. The zero-order valence-corrected chi connectivity index (χ0v) is 21.0. The molecule has 33 heavy (non-hydrogen) atoms. The number of hydrogen-bond acceptors (Lipinski definition) is 6. The summed E-state index contributed by atoms with van der Waals surface area (Å²) in [6, 6.07) is 0.0824. The average molecular weight is 477 g/mol. The molecule has 4 heterocycles. The Kier molecular flexibility index (Phi) is 6.73. The zero-order chi connectivity index (χ0) is 23.8. The molecule has 3 fully saturated rings. The number of rotatable bonds is 4. The molecule has 1 aromatic rings. The molecule has 0 aromatic carbocycles. The molecule has 0 saturated carbocycles. The second kappa shape index (κ2) is 9.25. The van der Waals surface area contributed by atoms with E-state index in [1.54, 1.807) is 0 Å². The molecule has 3 amide bonds. The highest BCUT2D eigenvalue weighted by molar-refractivity contribution is 7.15. The molecule has 9 heteroatoms. The van der Waals surface area contributed by atoms with Gasteiger partial charge in [0.05, 0.1) is 11.0 Å². The van der Waals surface area contributed by atoms with Gasteiger partial charge in [-0.15, -0.1) is 11.3 Å². The van der Waals surface area contributed by atoms with E-state index in [2.05, 4.69) is 15.5 Å². The molecule has 1 unspecified atom stereocenters. The molecule has 4 rings (SSSR count). The van der Waals surface area contributed by atoms with Gasteiger partial charge in [-0.05, 0) is 70.9 Å². The van der Waals surface area contributed by atoms with Crippen LogP contribution in [0.3, 0.4) is 0 Å². The zero-order valence-electron chi connectivity index (χ0n) is 20.2. The molecule has 0 aliphatic carbocycles. The normalized spacial score (nSPS) is 25.8. The SMILES string of the molecule is CCNC(=O)Nc1scc(C)c1C(=O)N1CCC(N2CCCC3(C2)CC(C)(C)OC3=O)CC1. The topological polar surface area (TPSA) is 91.0 Å². The number of urea groups is 1. The summed E-state index contributed by atoms with van der Waals surface area (Å²) in [7, 11) is 0. The van der Waals surface area contributed by atoms with Crippen LogP contribution in [0.1, 0.15) is 68.8 Å². The van der Waals surface area contributed by atoms with Gasteiger partial charge < -0.3 is 15.0 Å². The van der Waals surface area contributed by atoms with Crippen LogP contribution in [0.2, 0.25) is 0 Å². The number of ether oxygens (including phenoxy) is 1. The Morgan fingerprint density at radius 2 is 1.97 bits per heavy atom. The molecule has 182 valence electrons.